The van der Waals surface area contributed by atoms with E-state index in [4.69, 9.17) is 9.15 Å². The number of carbonyl (C=O) groups excluding carboxylic acids is 2. The molecule has 2 aromatic heterocycles. The Morgan fingerprint density at radius 2 is 1.91 bits per heavy atom. The number of carbonyl (C=O) groups is 2. The van der Waals surface area contributed by atoms with Crippen LogP contribution >= 0.6 is 0 Å². The minimum absolute atomic E-state index is 0.0566. The molecule has 0 bridgehead atoms. The lowest BCUT2D eigenvalue weighted by atomic mass is 9.92. The van der Waals surface area contributed by atoms with Crippen molar-refractivity contribution in [2.45, 2.75) is 103 Å². The molecule has 0 radical (unpaired) electrons. The van der Waals surface area contributed by atoms with E-state index in [1.54, 1.807) is 4.90 Å². The first-order valence-corrected chi connectivity index (χ1v) is 12.6. The Morgan fingerprint density at radius 1 is 1.21 bits per heavy atom. The average molecular weight is 458 g/mol. The minimum atomic E-state index is -0.971. The summed E-state index contributed by atoms with van der Waals surface area (Å²) in [7, 11) is 0. The van der Waals surface area contributed by atoms with Crippen LogP contribution in [0.3, 0.4) is 0 Å². The second-order valence-electron chi connectivity index (χ2n) is 10.2. The fourth-order valence-corrected chi connectivity index (χ4v) is 5.29. The van der Waals surface area contributed by atoms with Crippen molar-refractivity contribution < 1.29 is 18.7 Å². The van der Waals surface area contributed by atoms with E-state index in [0.29, 0.717) is 37.4 Å². The average Bonchev–Trinajstić information content (AvgIpc) is 3.25. The minimum Gasteiger partial charge on any atom is -0.460 e. The van der Waals surface area contributed by atoms with Gasteiger partial charge in [-0.25, -0.2) is 0 Å². The zero-order valence-corrected chi connectivity index (χ0v) is 20.6. The third-order valence-electron chi connectivity index (χ3n) is 7.15. The Balaban J connectivity index is 1.60. The van der Waals surface area contributed by atoms with Gasteiger partial charge >= 0.3 is 0 Å². The smallest absolute Gasteiger partial charge is 0.271 e. The maximum Gasteiger partial charge on any atom is 0.271 e. The fourth-order valence-electron chi connectivity index (χ4n) is 5.29. The van der Waals surface area contributed by atoms with E-state index in [0.717, 1.165) is 37.0 Å². The fraction of sp³-hybridized carbons (Fsp3) is 0.692. The Labute approximate surface area is 196 Å². The first-order chi connectivity index (χ1) is 15.8. The van der Waals surface area contributed by atoms with Crippen LogP contribution in [0.2, 0.25) is 0 Å². The number of ether oxygens (including phenoxy) is 1. The number of fused-ring (bicyclic) bond motifs is 3. The molecule has 1 saturated carbocycles. The molecule has 1 N–H and O–H groups in total. The van der Waals surface area contributed by atoms with Crippen molar-refractivity contribution in [2.24, 2.45) is 0 Å². The van der Waals surface area contributed by atoms with Crippen molar-refractivity contribution in [1.82, 2.24) is 14.8 Å². The lowest BCUT2D eigenvalue weighted by Gasteiger charge is -2.44. The van der Waals surface area contributed by atoms with Gasteiger partial charge in [-0.1, -0.05) is 32.1 Å². The van der Waals surface area contributed by atoms with Crippen molar-refractivity contribution in [3.63, 3.8) is 0 Å². The first kappa shape index (κ1) is 23.9. The van der Waals surface area contributed by atoms with Crippen LogP contribution in [0.5, 0.6) is 0 Å². The molecule has 182 valence electrons. The summed E-state index contributed by atoms with van der Waals surface area (Å²) in [5.41, 5.74) is 1.19. The van der Waals surface area contributed by atoms with Crippen molar-refractivity contribution >= 4 is 22.9 Å². The molecular formula is C26H39N3O4. The van der Waals surface area contributed by atoms with Crippen LogP contribution in [0.4, 0.5) is 0 Å². The van der Waals surface area contributed by atoms with Crippen LogP contribution in [0.1, 0.15) is 88.4 Å². The summed E-state index contributed by atoms with van der Waals surface area (Å²) in [6.45, 7) is 9.27. The van der Waals surface area contributed by atoms with Crippen molar-refractivity contribution in [1.29, 1.82) is 0 Å². The monoisotopic (exact) mass is 457 g/mol. The number of hydrogen-bond donors (Lipinski definition) is 1. The van der Waals surface area contributed by atoms with E-state index in [1.165, 1.54) is 19.3 Å². The molecule has 1 aliphatic heterocycles. The van der Waals surface area contributed by atoms with E-state index in [-0.39, 0.29) is 24.0 Å². The molecule has 3 heterocycles. The van der Waals surface area contributed by atoms with Gasteiger partial charge in [0.2, 0.25) is 5.91 Å². The van der Waals surface area contributed by atoms with Gasteiger partial charge in [0.15, 0.2) is 5.58 Å². The molecule has 2 aromatic rings. The lowest BCUT2D eigenvalue weighted by molar-refractivity contribution is -0.133. The summed E-state index contributed by atoms with van der Waals surface area (Å²) in [6, 6.07) is 3.94. The highest BCUT2D eigenvalue weighted by Gasteiger charge is 2.48. The number of rotatable bonds is 7. The van der Waals surface area contributed by atoms with Crippen LogP contribution in [-0.4, -0.2) is 52.1 Å². The first-order valence-electron chi connectivity index (χ1n) is 12.6. The highest BCUT2D eigenvalue weighted by atomic mass is 16.5. The second kappa shape index (κ2) is 9.92. The highest BCUT2D eigenvalue weighted by Crippen LogP contribution is 2.34. The molecule has 1 atom stereocenters. The van der Waals surface area contributed by atoms with E-state index in [1.807, 2.05) is 44.4 Å². The topological polar surface area (TPSA) is 76.7 Å². The number of aryl methyl sites for hydroxylation is 1. The van der Waals surface area contributed by atoms with Crippen LogP contribution in [-0.2, 0) is 16.1 Å². The zero-order valence-electron chi connectivity index (χ0n) is 20.6. The summed E-state index contributed by atoms with van der Waals surface area (Å²) >= 11 is 0. The summed E-state index contributed by atoms with van der Waals surface area (Å²) in [5, 5.41) is 3.33. The summed E-state index contributed by atoms with van der Waals surface area (Å²) in [6.07, 6.45) is 8.89. The van der Waals surface area contributed by atoms with Gasteiger partial charge in [0.05, 0.1) is 18.2 Å². The zero-order chi connectivity index (χ0) is 23.6. The normalized spacial score (nSPS) is 22.5. The Hall–Kier alpha value is -2.28. The predicted molar refractivity (Wildman–Crippen MR) is 128 cm³/mol. The van der Waals surface area contributed by atoms with Gasteiger partial charge in [0, 0.05) is 31.3 Å². The Kier molecular flexibility index (Phi) is 7.17. The Morgan fingerprint density at radius 3 is 2.61 bits per heavy atom. The third-order valence-corrected chi connectivity index (χ3v) is 7.15. The number of hydrogen-bond acceptors (Lipinski definition) is 4. The molecule has 7 heteroatoms. The number of furan rings is 1. The van der Waals surface area contributed by atoms with Crippen LogP contribution < -0.4 is 5.32 Å². The number of nitrogens with one attached hydrogen (secondary N) is 1. The Bertz CT molecular complexity index is 983. The molecule has 33 heavy (non-hydrogen) atoms. The van der Waals surface area contributed by atoms with Crippen LogP contribution in [0.25, 0.3) is 11.1 Å². The van der Waals surface area contributed by atoms with Gasteiger partial charge in [-0.05, 0) is 47.0 Å². The SMILES string of the molecule is Cc1cc2c(cc3n2CC(C)(C(=O)NC2CCCCCCC2)N(CCCOC(C)C)C3=O)o1. The molecule has 0 spiro atoms. The maximum atomic E-state index is 13.8. The van der Waals surface area contributed by atoms with Crippen molar-refractivity contribution in [2.75, 3.05) is 13.2 Å². The largest absolute Gasteiger partial charge is 0.460 e. The second-order valence-corrected chi connectivity index (χ2v) is 10.2. The quantitative estimate of drug-likeness (QED) is 0.606. The van der Waals surface area contributed by atoms with Crippen molar-refractivity contribution in [3.05, 3.63) is 23.6 Å². The summed E-state index contributed by atoms with van der Waals surface area (Å²) < 4.78 is 13.5. The van der Waals surface area contributed by atoms with E-state index in [9.17, 15) is 9.59 Å². The van der Waals surface area contributed by atoms with E-state index < -0.39 is 5.54 Å². The molecule has 1 fully saturated rings. The summed E-state index contributed by atoms with van der Waals surface area (Å²) in [5.74, 6) is 0.626. The molecule has 0 aromatic carbocycles. The molecule has 1 unspecified atom stereocenters. The molecule has 1 aliphatic carbocycles. The third kappa shape index (κ3) is 4.98. The van der Waals surface area contributed by atoms with Crippen LogP contribution in [0.15, 0.2) is 16.5 Å². The lowest BCUT2D eigenvalue weighted by Crippen LogP contribution is -2.65. The van der Waals surface area contributed by atoms with Crippen molar-refractivity contribution in [3.8, 4) is 0 Å². The summed E-state index contributed by atoms with van der Waals surface area (Å²) in [4.78, 5) is 29.2. The van der Waals surface area contributed by atoms with Gasteiger partial charge in [0.1, 0.15) is 17.0 Å². The van der Waals surface area contributed by atoms with Gasteiger partial charge in [-0.3, -0.25) is 9.59 Å². The molecule has 0 saturated heterocycles. The molecule has 2 aliphatic rings. The number of amides is 2. The molecular weight excluding hydrogens is 418 g/mol. The molecule has 4 rings (SSSR count). The van der Waals surface area contributed by atoms with Gasteiger partial charge in [-0.15, -0.1) is 0 Å². The molecule has 7 nitrogen and oxygen atoms in total. The predicted octanol–water partition coefficient (Wildman–Crippen LogP) is 4.80. The van der Waals surface area contributed by atoms with Gasteiger partial charge in [-0.2, -0.15) is 0 Å². The highest BCUT2D eigenvalue weighted by molar-refractivity contribution is 6.03. The van der Waals surface area contributed by atoms with Crippen LogP contribution in [0, 0.1) is 6.92 Å². The number of nitrogens with zero attached hydrogens (tertiary/aromatic N) is 2. The number of aromatic nitrogens is 1. The van der Waals surface area contributed by atoms with Gasteiger partial charge < -0.3 is 23.9 Å². The van der Waals surface area contributed by atoms with E-state index in [2.05, 4.69) is 5.32 Å². The van der Waals surface area contributed by atoms with Gasteiger partial charge in [0.25, 0.3) is 5.91 Å². The maximum absolute atomic E-state index is 13.8. The standard InChI is InChI=1S/C26H39N3O4/c1-18(2)32-14-10-13-29-24(30)22-16-23-21(15-19(3)33-23)28(22)17-26(29,4)25(31)27-20-11-8-6-5-7-9-12-20/h15-16,18,20H,5-14,17H2,1-4H3,(H,27,31). The molecule has 2 amide bonds. The van der Waals surface area contributed by atoms with E-state index >= 15 is 0 Å².